The quantitative estimate of drug-likeness (QED) is 0.724. The number of aromatic nitrogens is 1. The molecule has 2 aromatic rings. The van der Waals surface area contributed by atoms with Crippen molar-refractivity contribution in [2.75, 3.05) is 19.6 Å². The van der Waals surface area contributed by atoms with Crippen LogP contribution in [0.3, 0.4) is 0 Å². The molecule has 1 fully saturated rings. The number of primary amides is 1. The van der Waals surface area contributed by atoms with Gasteiger partial charge < -0.3 is 10.7 Å². The average Bonchev–Trinajstić information content (AvgIpc) is 3.04. The number of nitrogens with one attached hydrogen (secondary N) is 1. The zero-order valence-electron chi connectivity index (χ0n) is 14.7. The number of fused-ring (bicyclic) bond motifs is 1. The fourth-order valence-corrected chi connectivity index (χ4v) is 3.87. The van der Waals surface area contributed by atoms with E-state index in [1.165, 1.54) is 32.1 Å². The average molecular weight is 341 g/mol. The van der Waals surface area contributed by atoms with Crippen molar-refractivity contribution >= 4 is 22.6 Å². The van der Waals surface area contributed by atoms with Gasteiger partial charge in [-0.05, 0) is 24.9 Å². The molecule has 25 heavy (non-hydrogen) atoms. The van der Waals surface area contributed by atoms with Crippen LogP contribution in [-0.4, -0.2) is 41.2 Å². The minimum atomic E-state index is -0.379. The molecule has 3 rings (SSSR count). The number of aromatic amines is 1. The molecule has 0 atom stereocenters. The lowest BCUT2D eigenvalue weighted by Gasteiger charge is -2.25. The van der Waals surface area contributed by atoms with Gasteiger partial charge in [-0.2, -0.15) is 0 Å². The molecular formula is C20H27N3O2. The summed E-state index contributed by atoms with van der Waals surface area (Å²) in [4.78, 5) is 29.2. The molecule has 0 unspecified atom stereocenters. The number of hydrogen-bond acceptors (Lipinski definition) is 3. The largest absolute Gasteiger partial charge is 0.369 e. The monoisotopic (exact) mass is 341 g/mol. The molecular weight excluding hydrogens is 314 g/mol. The van der Waals surface area contributed by atoms with E-state index in [2.05, 4.69) is 4.98 Å². The molecule has 1 saturated carbocycles. The Bertz CT molecular complexity index is 731. The highest BCUT2D eigenvalue weighted by atomic mass is 16.1. The van der Waals surface area contributed by atoms with Gasteiger partial charge in [-0.1, -0.05) is 50.3 Å². The number of Topliss-reactive ketones (excluding diaryl/α,β-unsaturated/α-hetero) is 1. The lowest BCUT2D eigenvalue weighted by Crippen LogP contribution is -2.38. The van der Waals surface area contributed by atoms with Crippen molar-refractivity contribution < 1.29 is 9.59 Å². The summed E-state index contributed by atoms with van der Waals surface area (Å²) in [6.07, 6.45) is 9.26. The fourth-order valence-electron chi connectivity index (χ4n) is 3.87. The number of benzene rings is 1. The van der Waals surface area contributed by atoms with Crippen molar-refractivity contribution in [3.05, 3.63) is 36.0 Å². The normalized spacial score (nSPS) is 15.7. The predicted octanol–water partition coefficient (Wildman–Crippen LogP) is 3.11. The van der Waals surface area contributed by atoms with Gasteiger partial charge in [0, 0.05) is 22.7 Å². The van der Waals surface area contributed by atoms with Crippen LogP contribution in [0.15, 0.2) is 30.5 Å². The van der Waals surface area contributed by atoms with Gasteiger partial charge in [-0.15, -0.1) is 0 Å². The van der Waals surface area contributed by atoms with Crippen LogP contribution in [-0.2, 0) is 4.79 Å². The van der Waals surface area contributed by atoms with Gasteiger partial charge in [-0.3, -0.25) is 14.5 Å². The second-order valence-corrected chi connectivity index (χ2v) is 7.14. The maximum Gasteiger partial charge on any atom is 0.231 e. The van der Waals surface area contributed by atoms with Gasteiger partial charge in [0.25, 0.3) is 0 Å². The van der Waals surface area contributed by atoms with E-state index in [1.54, 1.807) is 6.20 Å². The highest BCUT2D eigenvalue weighted by Gasteiger charge is 2.20. The van der Waals surface area contributed by atoms with E-state index in [0.717, 1.165) is 23.9 Å². The van der Waals surface area contributed by atoms with Gasteiger partial charge >= 0.3 is 0 Å². The van der Waals surface area contributed by atoms with Gasteiger partial charge in [-0.25, -0.2) is 0 Å². The molecule has 1 aliphatic rings. The Morgan fingerprint density at radius 2 is 1.88 bits per heavy atom. The van der Waals surface area contributed by atoms with E-state index in [9.17, 15) is 9.59 Å². The van der Waals surface area contributed by atoms with Crippen molar-refractivity contribution in [2.45, 2.75) is 38.5 Å². The molecule has 1 aromatic heterocycles. The van der Waals surface area contributed by atoms with Crippen LogP contribution < -0.4 is 5.73 Å². The zero-order chi connectivity index (χ0) is 17.6. The standard InChI is InChI=1S/C20H27N3O2/c21-20(25)14-23(11-10-15-6-2-1-3-7-15)13-19(24)17-12-22-18-9-5-4-8-16(17)18/h4-5,8-9,12,15,22H,1-3,6-7,10-11,13-14H2,(H2,21,25). The van der Waals surface area contributed by atoms with Crippen molar-refractivity contribution in [3.63, 3.8) is 0 Å². The Morgan fingerprint density at radius 3 is 2.64 bits per heavy atom. The first kappa shape index (κ1) is 17.7. The van der Waals surface area contributed by atoms with Crippen LogP contribution in [0.2, 0.25) is 0 Å². The number of ketones is 1. The molecule has 0 saturated heterocycles. The van der Waals surface area contributed by atoms with Gasteiger partial charge in [0.1, 0.15) is 0 Å². The first-order valence-electron chi connectivity index (χ1n) is 9.23. The third-order valence-electron chi connectivity index (χ3n) is 5.21. The highest BCUT2D eigenvalue weighted by Crippen LogP contribution is 2.26. The summed E-state index contributed by atoms with van der Waals surface area (Å²) in [6.45, 7) is 1.13. The van der Waals surface area contributed by atoms with Crippen LogP contribution >= 0.6 is 0 Å². The van der Waals surface area contributed by atoms with E-state index in [-0.39, 0.29) is 24.8 Å². The second-order valence-electron chi connectivity index (χ2n) is 7.14. The zero-order valence-corrected chi connectivity index (χ0v) is 14.7. The Labute approximate surface area is 148 Å². The van der Waals surface area contributed by atoms with Gasteiger partial charge in [0.15, 0.2) is 5.78 Å². The van der Waals surface area contributed by atoms with Crippen LogP contribution in [0.25, 0.3) is 10.9 Å². The van der Waals surface area contributed by atoms with Crippen molar-refractivity contribution in [3.8, 4) is 0 Å². The number of nitrogens with two attached hydrogens (primary N) is 1. The number of H-pyrrole nitrogens is 1. The summed E-state index contributed by atoms with van der Waals surface area (Å²) in [5, 5.41) is 0.929. The fraction of sp³-hybridized carbons (Fsp3) is 0.500. The molecule has 134 valence electrons. The first-order valence-corrected chi connectivity index (χ1v) is 9.23. The van der Waals surface area contributed by atoms with E-state index in [0.29, 0.717) is 11.5 Å². The van der Waals surface area contributed by atoms with E-state index in [4.69, 9.17) is 5.73 Å². The van der Waals surface area contributed by atoms with Gasteiger partial charge in [0.2, 0.25) is 5.91 Å². The van der Waals surface area contributed by atoms with Crippen molar-refractivity contribution in [1.29, 1.82) is 0 Å². The molecule has 1 amide bonds. The van der Waals surface area contributed by atoms with Crippen LogP contribution in [0.5, 0.6) is 0 Å². The molecule has 0 bridgehead atoms. The summed E-state index contributed by atoms with van der Waals surface area (Å²) in [7, 11) is 0. The van der Waals surface area contributed by atoms with E-state index >= 15 is 0 Å². The number of carbonyl (C=O) groups excluding carboxylic acids is 2. The SMILES string of the molecule is NC(=O)CN(CCC1CCCCC1)CC(=O)c1c[nH]c2ccccc12. The molecule has 5 nitrogen and oxygen atoms in total. The van der Waals surface area contributed by atoms with Crippen LogP contribution in [0.4, 0.5) is 0 Å². The molecule has 3 N–H and O–H groups in total. The predicted molar refractivity (Wildman–Crippen MR) is 99.5 cm³/mol. The van der Waals surface area contributed by atoms with Gasteiger partial charge in [0.05, 0.1) is 13.1 Å². The second kappa shape index (κ2) is 8.30. The Morgan fingerprint density at radius 1 is 1.12 bits per heavy atom. The number of para-hydroxylation sites is 1. The number of rotatable bonds is 8. The third-order valence-corrected chi connectivity index (χ3v) is 5.21. The Hall–Kier alpha value is -2.14. The summed E-state index contributed by atoms with van der Waals surface area (Å²) in [5.41, 5.74) is 7.03. The summed E-state index contributed by atoms with van der Waals surface area (Å²) in [6, 6.07) is 7.77. The summed E-state index contributed by atoms with van der Waals surface area (Å²) >= 11 is 0. The maximum atomic E-state index is 12.7. The molecule has 0 aliphatic heterocycles. The smallest absolute Gasteiger partial charge is 0.231 e. The lowest BCUT2D eigenvalue weighted by molar-refractivity contribution is -0.119. The van der Waals surface area contributed by atoms with E-state index < -0.39 is 0 Å². The summed E-state index contributed by atoms with van der Waals surface area (Å²) < 4.78 is 0. The van der Waals surface area contributed by atoms with Crippen LogP contribution in [0, 0.1) is 5.92 Å². The highest BCUT2D eigenvalue weighted by molar-refractivity contribution is 6.08. The number of hydrogen-bond donors (Lipinski definition) is 2. The number of carbonyl (C=O) groups is 2. The molecule has 1 heterocycles. The van der Waals surface area contributed by atoms with Crippen LogP contribution in [0.1, 0.15) is 48.9 Å². The molecule has 0 radical (unpaired) electrons. The van der Waals surface area contributed by atoms with Crippen molar-refractivity contribution in [2.24, 2.45) is 11.7 Å². The Kier molecular flexibility index (Phi) is 5.87. The lowest BCUT2D eigenvalue weighted by atomic mass is 9.87. The molecule has 1 aromatic carbocycles. The van der Waals surface area contributed by atoms with Crippen molar-refractivity contribution in [1.82, 2.24) is 9.88 Å². The summed E-state index contributed by atoms with van der Waals surface area (Å²) in [5.74, 6) is 0.366. The third kappa shape index (κ3) is 4.69. The topological polar surface area (TPSA) is 79.2 Å². The maximum absolute atomic E-state index is 12.7. The minimum Gasteiger partial charge on any atom is -0.369 e. The number of amides is 1. The molecule has 0 spiro atoms. The Balaban J connectivity index is 1.64. The van der Waals surface area contributed by atoms with E-state index in [1.807, 2.05) is 29.2 Å². The molecule has 5 heteroatoms. The minimum absolute atomic E-state index is 0.0299. The first-order chi connectivity index (χ1) is 12.1. The molecule has 1 aliphatic carbocycles. The number of nitrogens with zero attached hydrogens (tertiary/aromatic N) is 1.